The van der Waals surface area contributed by atoms with Crippen LogP contribution in [0.5, 0.6) is 5.75 Å². The molecule has 0 aromatic heterocycles. The number of aryl methyl sites for hydroxylation is 1. The van der Waals surface area contributed by atoms with E-state index in [4.69, 9.17) is 10.5 Å². The molecule has 2 aromatic carbocycles. The first-order valence-corrected chi connectivity index (χ1v) is 8.28. The lowest BCUT2D eigenvalue weighted by Crippen LogP contribution is -2.40. The van der Waals surface area contributed by atoms with Crippen molar-refractivity contribution in [2.24, 2.45) is 0 Å². The highest BCUT2D eigenvalue weighted by Gasteiger charge is 2.30. The minimum absolute atomic E-state index is 0.0914. The second-order valence-electron chi connectivity index (χ2n) is 6.17. The predicted molar refractivity (Wildman–Crippen MR) is 94.2 cm³/mol. The minimum Gasteiger partial charge on any atom is -0.489 e. The van der Waals surface area contributed by atoms with Crippen molar-refractivity contribution in [3.63, 3.8) is 0 Å². The Labute approximate surface area is 138 Å². The quantitative estimate of drug-likeness (QED) is 0.742. The molecule has 0 saturated carbocycles. The van der Waals surface area contributed by atoms with E-state index in [9.17, 15) is 0 Å². The van der Waals surface area contributed by atoms with Gasteiger partial charge in [0.1, 0.15) is 11.9 Å². The molecule has 1 aliphatic heterocycles. The largest absolute Gasteiger partial charge is 0.489 e. The van der Waals surface area contributed by atoms with Crippen molar-refractivity contribution in [2.75, 3.05) is 5.73 Å². The topological polar surface area (TPSA) is 59.3 Å². The van der Waals surface area contributed by atoms with Crippen LogP contribution in [0.4, 0.5) is 5.69 Å². The van der Waals surface area contributed by atoms with Crippen molar-refractivity contribution in [1.82, 2.24) is 10.9 Å². The van der Waals surface area contributed by atoms with Gasteiger partial charge in [-0.1, -0.05) is 31.2 Å². The Hall–Kier alpha value is -2.04. The molecule has 0 spiro atoms. The maximum absolute atomic E-state index is 6.08. The van der Waals surface area contributed by atoms with Crippen molar-refractivity contribution in [2.45, 2.75) is 44.9 Å². The number of hydrogen-bond donors (Lipinski definition) is 3. The summed E-state index contributed by atoms with van der Waals surface area (Å²) in [5, 5.41) is 0. The summed E-state index contributed by atoms with van der Waals surface area (Å²) in [6, 6.07) is 16.9. The average molecular weight is 311 g/mol. The Morgan fingerprint density at radius 3 is 2.43 bits per heavy atom. The normalized spacial score (nSPS) is 22.0. The summed E-state index contributed by atoms with van der Waals surface area (Å²) in [6.07, 6.45) is 2.12. The zero-order chi connectivity index (χ0) is 16.2. The molecule has 4 heteroatoms. The van der Waals surface area contributed by atoms with E-state index in [2.05, 4.69) is 61.1 Å². The lowest BCUT2D eigenvalue weighted by Gasteiger charge is -2.20. The standard InChI is InChI=1S/C19H25N3O/c1-3-14-4-10-17(11-5-14)23-13(2)18-12-19(22-21-18)15-6-8-16(20)9-7-15/h4-11,13,18-19,21-22H,3,12,20H2,1-2H3. The molecule has 4 nitrogen and oxygen atoms in total. The highest BCUT2D eigenvalue weighted by atomic mass is 16.5. The zero-order valence-corrected chi connectivity index (χ0v) is 13.8. The van der Waals surface area contributed by atoms with Gasteiger partial charge in [-0.15, -0.1) is 0 Å². The molecule has 1 fully saturated rings. The fourth-order valence-corrected chi connectivity index (χ4v) is 2.94. The fourth-order valence-electron chi connectivity index (χ4n) is 2.94. The van der Waals surface area contributed by atoms with Gasteiger partial charge in [0, 0.05) is 11.7 Å². The maximum atomic E-state index is 6.08. The van der Waals surface area contributed by atoms with Crippen LogP contribution in [-0.2, 0) is 6.42 Å². The van der Waals surface area contributed by atoms with Gasteiger partial charge in [-0.3, -0.25) is 5.43 Å². The number of nitrogens with two attached hydrogens (primary N) is 1. The van der Waals surface area contributed by atoms with Crippen molar-refractivity contribution < 1.29 is 4.74 Å². The lowest BCUT2D eigenvalue weighted by atomic mass is 9.99. The van der Waals surface area contributed by atoms with Crippen molar-refractivity contribution >= 4 is 5.69 Å². The summed E-state index contributed by atoms with van der Waals surface area (Å²) in [4.78, 5) is 0. The first-order chi connectivity index (χ1) is 11.2. The number of ether oxygens (including phenoxy) is 1. The maximum Gasteiger partial charge on any atom is 0.119 e. The van der Waals surface area contributed by atoms with Crippen LogP contribution in [0.25, 0.3) is 0 Å². The third-order valence-corrected chi connectivity index (χ3v) is 4.49. The second-order valence-corrected chi connectivity index (χ2v) is 6.17. The van der Waals surface area contributed by atoms with Crippen LogP contribution < -0.4 is 21.3 Å². The van der Waals surface area contributed by atoms with Gasteiger partial charge in [-0.05, 0) is 55.2 Å². The van der Waals surface area contributed by atoms with E-state index < -0.39 is 0 Å². The average Bonchev–Trinajstić information content (AvgIpc) is 3.06. The first kappa shape index (κ1) is 15.8. The highest BCUT2D eigenvalue weighted by Crippen LogP contribution is 2.26. The Morgan fingerprint density at radius 2 is 1.78 bits per heavy atom. The second kappa shape index (κ2) is 7.02. The molecule has 1 aliphatic rings. The number of nitrogens with one attached hydrogen (secondary N) is 2. The SMILES string of the molecule is CCc1ccc(OC(C)C2CC(c3ccc(N)cc3)NN2)cc1. The van der Waals surface area contributed by atoms with Gasteiger partial charge in [0.05, 0.1) is 6.04 Å². The molecule has 23 heavy (non-hydrogen) atoms. The van der Waals surface area contributed by atoms with Crippen LogP contribution in [0.1, 0.15) is 37.4 Å². The van der Waals surface area contributed by atoms with E-state index in [0.717, 1.165) is 24.3 Å². The molecule has 1 heterocycles. The molecule has 4 N–H and O–H groups in total. The molecule has 3 atom stereocenters. The minimum atomic E-state index is 0.0914. The number of anilines is 1. The molecule has 0 bridgehead atoms. The van der Waals surface area contributed by atoms with Crippen molar-refractivity contribution in [1.29, 1.82) is 0 Å². The summed E-state index contributed by atoms with van der Waals surface area (Å²) >= 11 is 0. The molecule has 0 radical (unpaired) electrons. The number of hydrogen-bond acceptors (Lipinski definition) is 4. The van der Waals surface area contributed by atoms with Gasteiger partial charge >= 0.3 is 0 Å². The molecule has 3 unspecified atom stereocenters. The Kier molecular flexibility index (Phi) is 4.84. The van der Waals surface area contributed by atoms with E-state index in [1.165, 1.54) is 11.1 Å². The van der Waals surface area contributed by atoms with Crippen LogP contribution in [0, 0.1) is 0 Å². The van der Waals surface area contributed by atoms with Gasteiger partial charge in [-0.2, -0.15) is 0 Å². The summed E-state index contributed by atoms with van der Waals surface area (Å²) in [5.41, 5.74) is 15.8. The monoisotopic (exact) mass is 311 g/mol. The van der Waals surface area contributed by atoms with E-state index in [1.54, 1.807) is 0 Å². The van der Waals surface area contributed by atoms with E-state index in [0.29, 0.717) is 0 Å². The number of rotatable bonds is 5. The first-order valence-electron chi connectivity index (χ1n) is 8.28. The molecule has 0 aliphatic carbocycles. The van der Waals surface area contributed by atoms with Gasteiger partial charge in [0.25, 0.3) is 0 Å². The van der Waals surface area contributed by atoms with Crippen LogP contribution in [-0.4, -0.2) is 12.1 Å². The van der Waals surface area contributed by atoms with Crippen LogP contribution >= 0.6 is 0 Å². The van der Waals surface area contributed by atoms with E-state index in [1.807, 2.05) is 12.1 Å². The summed E-state index contributed by atoms with van der Waals surface area (Å²) in [7, 11) is 0. The molecule has 122 valence electrons. The fraction of sp³-hybridized carbons (Fsp3) is 0.368. The molecular weight excluding hydrogens is 286 g/mol. The van der Waals surface area contributed by atoms with E-state index >= 15 is 0 Å². The Morgan fingerprint density at radius 1 is 1.09 bits per heavy atom. The van der Waals surface area contributed by atoms with Gasteiger partial charge in [-0.25, -0.2) is 5.43 Å². The predicted octanol–water partition coefficient (Wildman–Crippen LogP) is 3.21. The third-order valence-electron chi connectivity index (χ3n) is 4.49. The number of nitrogen functional groups attached to an aromatic ring is 1. The summed E-state index contributed by atoms with van der Waals surface area (Å²) in [5.74, 6) is 0.924. The Balaban J connectivity index is 1.58. The third kappa shape index (κ3) is 3.84. The zero-order valence-electron chi connectivity index (χ0n) is 13.8. The van der Waals surface area contributed by atoms with Crippen molar-refractivity contribution in [3.8, 4) is 5.75 Å². The highest BCUT2D eigenvalue weighted by molar-refractivity contribution is 5.40. The van der Waals surface area contributed by atoms with Crippen LogP contribution in [0.2, 0.25) is 0 Å². The lowest BCUT2D eigenvalue weighted by molar-refractivity contribution is 0.176. The Bertz CT molecular complexity index is 624. The van der Waals surface area contributed by atoms with Gasteiger partial charge in [0.15, 0.2) is 0 Å². The number of benzene rings is 2. The molecule has 2 aromatic rings. The van der Waals surface area contributed by atoms with Crippen LogP contribution in [0.3, 0.4) is 0 Å². The van der Waals surface area contributed by atoms with Crippen LogP contribution in [0.15, 0.2) is 48.5 Å². The molecule has 0 amide bonds. The molecule has 3 rings (SSSR count). The van der Waals surface area contributed by atoms with Gasteiger partial charge in [0.2, 0.25) is 0 Å². The molecule has 1 saturated heterocycles. The molecular formula is C19H25N3O. The smallest absolute Gasteiger partial charge is 0.119 e. The number of hydrazine groups is 1. The van der Waals surface area contributed by atoms with E-state index in [-0.39, 0.29) is 18.2 Å². The summed E-state index contributed by atoms with van der Waals surface area (Å²) < 4.78 is 6.08. The van der Waals surface area contributed by atoms with Gasteiger partial charge < -0.3 is 10.5 Å². The van der Waals surface area contributed by atoms with Crippen molar-refractivity contribution in [3.05, 3.63) is 59.7 Å². The summed E-state index contributed by atoms with van der Waals surface area (Å²) in [6.45, 7) is 4.27.